The van der Waals surface area contributed by atoms with Crippen molar-refractivity contribution >= 4 is 0 Å². The van der Waals surface area contributed by atoms with Gasteiger partial charge in [-0.2, -0.15) is 0 Å². The summed E-state index contributed by atoms with van der Waals surface area (Å²) in [7, 11) is 0. The molecule has 0 aliphatic carbocycles. The minimum atomic E-state index is -0.250. The Bertz CT molecular complexity index is 556. The van der Waals surface area contributed by atoms with Crippen LogP contribution in [0.5, 0.6) is 11.5 Å². The largest absolute Gasteiger partial charge is 0.489 e. The highest BCUT2D eigenvalue weighted by molar-refractivity contribution is 5.32. The van der Waals surface area contributed by atoms with Crippen LogP contribution < -0.4 is 9.47 Å². The van der Waals surface area contributed by atoms with Gasteiger partial charge in [0.05, 0.1) is 0 Å². The summed E-state index contributed by atoms with van der Waals surface area (Å²) in [6.45, 7) is 6.35. The van der Waals surface area contributed by atoms with Crippen molar-refractivity contribution in [1.82, 2.24) is 0 Å². The lowest BCUT2D eigenvalue weighted by Gasteiger charge is -2.21. The normalized spacial score (nSPS) is 11.2. The van der Waals surface area contributed by atoms with E-state index in [0.717, 1.165) is 17.1 Å². The second-order valence-corrected chi connectivity index (χ2v) is 5.60. The molecule has 0 unspecified atom stereocenters. The van der Waals surface area contributed by atoms with Crippen molar-refractivity contribution in [3.05, 3.63) is 59.9 Å². The fourth-order valence-electron chi connectivity index (χ4n) is 1.75. The zero-order chi connectivity index (χ0) is 14.6. The Morgan fingerprint density at radius 3 is 2.20 bits per heavy atom. The molecule has 3 heteroatoms. The molecule has 2 aromatic rings. The van der Waals surface area contributed by atoms with Crippen LogP contribution in [0.4, 0.5) is 4.39 Å². The maximum atomic E-state index is 13.0. The molecule has 0 aliphatic rings. The van der Waals surface area contributed by atoms with Crippen LogP contribution in [-0.2, 0) is 6.61 Å². The van der Waals surface area contributed by atoms with E-state index in [4.69, 9.17) is 9.47 Å². The van der Waals surface area contributed by atoms with E-state index in [2.05, 4.69) is 0 Å². The third kappa shape index (κ3) is 4.57. The monoisotopic (exact) mass is 274 g/mol. The first-order valence-electron chi connectivity index (χ1n) is 6.59. The van der Waals surface area contributed by atoms with Crippen molar-refractivity contribution in [1.29, 1.82) is 0 Å². The van der Waals surface area contributed by atoms with E-state index in [1.807, 2.05) is 51.1 Å². The molecule has 2 nitrogen and oxygen atoms in total. The van der Waals surface area contributed by atoms with Gasteiger partial charge in [-0.15, -0.1) is 0 Å². The van der Waals surface area contributed by atoms with E-state index in [1.54, 1.807) is 6.07 Å². The van der Waals surface area contributed by atoms with E-state index in [1.165, 1.54) is 12.1 Å². The fourth-order valence-corrected chi connectivity index (χ4v) is 1.75. The Balaban J connectivity index is 1.94. The second-order valence-electron chi connectivity index (χ2n) is 5.60. The maximum absolute atomic E-state index is 13.0. The van der Waals surface area contributed by atoms with Gasteiger partial charge in [-0.3, -0.25) is 0 Å². The van der Waals surface area contributed by atoms with E-state index in [9.17, 15) is 4.39 Å². The van der Waals surface area contributed by atoms with Gasteiger partial charge < -0.3 is 9.47 Å². The third-order valence-corrected chi connectivity index (χ3v) is 2.54. The van der Waals surface area contributed by atoms with E-state index in [-0.39, 0.29) is 11.4 Å². The molecular formula is C17H19FO2. The molecule has 0 bridgehead atoms. The molecule has 0 aromatic heterocycles. The highest BCUT2D eigenvalue weighted by Gasteiger charge is 2.11. The van der Waals surface area contributed by atoms with Crippen LogP contribution in [0.2, 0.25) is 0 Å². The van der Waals surface area contributed by atoms with E-state index in [0.29, 0.717) is 6.61 Å². The van der Waals surface area contributed by atoms with Gasteiger partial charge in [0.2, 0.25) is 0 Å². The van der Waals surface area contributed by atoms with Gasteiger partial charge in [0.1, 0.15) is 29.5 Å². The number of halogens is 1. The molecule has 0 saturated carbocycles. The number of ether oxygens (including phenoxy) is 2. The van der Waals surface area contributed by atoms with Crippen LogP contribution in [0.15, 0.2) is 48.5 Å². The summed E-state index contributed by atoms with van der Waals surface area (Å²) in [5.74, 6) is 1.28. The lowest BCUT2D eigenvalue weighted by atomic mass is 10.2. The molecule has 2 rings (SSSR count). The van der Waals surface area contributed by atoms with E-state index >= 15 is 0 Å². The number of benzene rings is 2. The molecule has 2 aromatic carbocycles. The van der Waals surface area contributed by atoms with Crippen molar-refractivity contribution in [2.24, 2.45) is 0 Å². The zero-order valence-corrected chi connectivity index (χ0v) is 12.0. The van der Waals surface area contributed by atoms with Crippen molar-refractivity contribution < 1.29 is 13.9 Å². The predicted octanol–water partition coefficient (Wildman–Crippen LogP) is 4.58. The SMILES string of the molecule is CC(C)(C)Oc1ccc(OCc2cccc(F)c2)cc1. The topological polar surface area (TPSA) is 18.5 Å². The van der Waals surface area contributed by atoms with Crippen LogP contribution in [-0.4, -0.2) is 5.60 Å². The Morgan fingerprint density at radius 1 is 0.950 bits per heavy atom. The fraction of sp³-hybridized carbons (Fsp3) is 0.294. The molecule has 0 spiro atoms. The summed E-state index contributed by atoms with van der Waals surface area (Å²) in [4.78, 5) is 0. The summed E-state index contributed by atoms with van der Waals surface area (Å²) in [5, 5.41) is 0. The van der Waals surface area contributed by atoms with Gasteiger partial charge in [-0.25, -0.2) is 4.39 Å². The van der Waals surface area contributed by atoms with Gasteiger partial charge in [0.25, 0.3) is 0 Å². The number of hydrogen-bond donors (Lipinski definition) is 0. The highest BCUT2D eigenvalue weighted by Crippen LogP contribution is 2.22. The van der Waals surface area contributed by atoms with Gasteiger partial charge in [0.15, 0.2) is 0 Å². The van der Waals surface area contributed by atoms with Crippen LogP contribution in [0.25, 0.3) is 0 Å². The average Bonchev–Trinajstić information content (AvgIpc) is 2.36. The lowest BCUT2D eigenvalue weighted by molar-refractivity contribution is 0.130. The molecule has 0 saturated heterocycles. The van der Waals surface area contributed by atoms with Crippen LogP contribution in [0, 0.1) is 5.82 Å². The summed E-state index contributed by atoms with van der Waals surface area (Å²) in [6, 6.07) is 13.8. The lowest BCUT2D eigenvalue weighted by Crippen LogP contribution is -2.22. The predicted molar refractivity (Wildman–Crippen MR) is 77.6 cm³/mol. The molecular weight excluding hydrogens is 255 g/mol. The van der Waals surface area contributed by atoms with Gasteiger partial charge in [-0.05, 0) is 62.7 Å². The smallest absolute Gasteiger partial charge is 0.123 e. The van der Waals surface area contributed by atoms with Crippen LogP contribution in [0.3, 0.4) is 0 Å². The van der Waals surface area contributed by atoms with Gasteiger partial charge in [0, 0.05) is 0 Å². The quantitative estimate of drug-likeness (QED) is 0.812. The minimum Gasteiger partial charge on any atom is -0.489 e. The molecule has 0 aliphatic heterocycles. The highest BCUT2D eigenvalue weighted by atomic mass is 19.1. The summed E-state index contributed by atoms with van der Waals surface area (Å²) < 4.78 is 24.4. The van der Waals surface area contributed by atoms with Crippen molar-refractivity contribution in [2.45, 2.75) is 33.0 Å². The van der Waals surface area contributed by atoms with Crippen molar-refractivity contribution in [3.63, 3.8) is 0 Å². The first-order valence-corrected chi connectivity index (χ1v) is 6.59. The maximum Gasteiger partial charge on any atom is 0.123 e. The van der Waals surface area contributed by atoms with Crippen molar-refractivity contribution in [3.8, 4) is 11.5 Å². The first-order chi connectivity index (χ1) is 9.42. The van der Waals surface area contributed by atoms with E-state index < -0.39 is 0 Å². The minimum absolute atomic E-state index is 0.218. The van der Waals surface area contributed by atoms with Gasteiger partial charge in [-0.1, -0.05) is 12.1 Å². The molecule has 0 atom stereocenters. The second kappa shape index (κ2) is 5.95. The Hall–Kier alpha value is -2.03. The molecule has 0 amide bonds. The standard InChI is InChI=1S/C17H19FO2/c1-17(2,3)20-16-9-7-15(8-10-16)19-12-13-5-4-6-14(18)11-13/h4-11H,12H2,1-3H3. The average molecular weight is 274 g/mol. The summed E-state index contributed by atoms with van der Waals surface area (Å²) in [6.07, 6.45) is 0. The Kier molecular flexibility index (Phi) is 4.28. The molecule has 0 radical (unpaired) electrons. The van der Waals surface area contributed by atoms with Crippen molar-refractivity contribution in [2.75, 3.05) is 0 Å². The van der Waals surface area contributed by atoms with Gasteiger partial charge >= 0.3 is 0 Å². The first kappa shape index (κ1) is 14.4. The zero-order valence-electron chi connectivity index (χ0n) is 12.0. The molecule has 20 heavy (non-hydrogen) atoms. The van der Waals surface area contributed by atoms with Crippen LogP contribution >= 0.6 is 0 Å². The third-order valence-electron chi connectivity index (χ3n) is 2.54. The Morgan fingerprint density at radius 2 is 1.60 bits per heavy atom. The number of rotatable bonds is 4. The number of hydrogen-bond acceptors (Lipinski definition) is 2. The summed E-state index contributed by atoms with van der Waals surface area (Å²) in [5.41, 5.74) is 0.587. The molecule has 0 fully saturated rings. The summed E-state index contributed by atoms with van der Waals surface area (Å²) >= 11 is 0. The molecule has 106 valence electrons. The Labute approximate surface area is 119 Å². The molecule has 0 N–H and O–H groups in total. The van der Waals surface area contributed by atoms with Crippen LogP contribution in [0.1, 0.15) is 26.3 Å². The molecule has 0 heterocycles.